The molecule has 0 spiro atoms. The third-order valence-corrected chi connectivity index (χ3v) is 2.63. The van der Waals surface area contributed by atoms with Crippen molar-refractivity contribution in [2.45, 2.75) is 19.4 Å². The van der Waals surface area contributed by atoms with E-state index in [9.17, 15) is 0 Å². The van der Waals surface area contributed by atoms with Crippen molar-refractivity contribution in [1.82, 2.24) is 14.5 Å². The minimum atomic E-state index is 0.544. The number of rotatable bonds is 0. The number of aryl methyl sites for hydroxylation is 2. The zero-order valence-electron chi connectivity index (χ0n) is 7.00. The molecule has 1 aliphatic heterocycles. The summed E-state index contributed by atoms with van der Waals surface area (Å²) in [6, 6.07) is 3.71. The van der Waals surface area contributed by atoms with Gasteiger partial charge in [-0.05, 0) is 18.6 Å². The van der Waals surface area contributed by atoms with E-state index in [1.807, 2.05) is 6.07 Å². The second kappa shape index (κ2) is 2.45. The van der Waals surface area contributed by atoms with Crippen LogP contribution in [0.25, 0.3) is 11.2 Å². The Balaban J connectivity index is 2.40. The van der Waals surface area contributed by atoms with Crippen molar-refractivity contribution in [3.8, 4) is 0 Å². The van der Waals surface area contributed by atoms with Crippen LogP contribution < -0.4 is 0 Å². The first kappa shape index (κ1) is 7.33. The lowest BCUT2D eigenvalue weighted by Crippen LogP contribution is -1.93. The van der Waals surface area contributed by atoms with E-state index in [1.165, 1.54) is 6.42 Å². The molecule has 0 atom stereocenters. The third-order valence-electron chi connectivity index (χ3n) is 2.42. The van der Waals surface area contributed by atoms with Gasteiger partial charge in [0.1, 0.15) is 16.5 Å². The van der Waals surface area contributed by atoms with Crippen molar-refractivity contribution in [2.24, 2.45) is 0 Å². The van der Waals surface area contributed by atoms with Crippen LogP contribution >= 0.6 is 11.6 Å². The molecule has 0 aromatic carbocycles. The topological polar surface area (TPSA) is 30.7 Å². The van der Waals surface area contributed by atoms with Gasteiger partial charge >= 0.3 is 0 Å². The Kier molecular flexibility index (Phi) is 1.38. The Hall–Kier alpha value is -1.09. The van der Waals surface area contributed by atoms with Crippen LogP contribution in [0.5, 0.6) is 0 Å². The van der Waals surface area contributed by atoms with Crippen molar-refractivity contribution in [3.05, 3.63) is 23.1 Å². The van der Waals surface area contributed by atoms with Crippen LogP contribution in [0, 0.1) is 0 Å². The number of pyridine rings is 1. The summed E-state index contributed by atoms with van der Waals surface area (Å²) in [4.78, 5) is 8.75. The van der Waals surface area contributed by atoms with Crippen molar-refractivity contribution in [3.63, 3.8) is 0 Å². The van der Waals surface area contributed by atoms with Crippen LogP contribution in [0.1, 0.15) is 12.2 Å². The fourth-order valence-electron chi connectivity index (χ4n) is 1.85. The maximum Gasteiger partial charge on any atom is 0.161 e. The number of hydrogen-bond donors (Lipinski definition) is 0. The van der Waals surface area contributed by atoms with Gasteiger partial charge in [0.2, 0.25) is 0 Å². The van der Waals surface area contributed by atoms with Crippen molar-refractivity contribution in [1.29, 1.82) is 0 Å². The molecule has 1 aliphatic rings. The van der Waals surface area contributed by atoms with Crippen LogP contribution in [0.3, 0.4) is 0 Å². The molecule has 0 fully saturated rings. The summed E-state index contributed by atoms with van der Waals surface area (Å²) >= 11 is 5.83. The molecular weight excluding hydrogens is 186 g/mol. The van der Waals surface area contributed by atoms with Crippen LogP contribution in [0.2, 0.25) is 5.15 Å². The molecule has 0 radical (unpaired) electrons. The highest BCUT2D eigenvalue weighted by atomic mass is 35.5. The van der Waals surface area contributed by atoms with Crippen LogP contribution in [0.15, 0.2) is 12.1 Å². The summed E-state index contributed by atoms with van der Waals surface area (Å²) in [7, 11) is 0. The molecule has 0 bridgehead atoms. The van der Waals surface area contributed by atoms with Gasteiger partial charge in [-0.3, -0.25) is 0 Å². The zero-order valence-corrected chi connectivity index (χ0v) is 7.75. The van der Waals surface area contributed by atoms with Gasteiger partial charge in [-0.25, -0.2) is 9.97 Å². The zero-order chi connectivity index (χ0) is 8.84. The van der Waals surface area contributed by atoms with Crippen molar-refractivity contribution >= 4 is 22.8 Å². The highest BCUT2D eigenvalue weighted by Crippen LogP contribution is 2.22. The summed E-state index contributed by atoms with van der Waals surface area (Å²) in [5, 5.41) is 0.544. The van der Waals surface area contributed by atoms with Gasteiger partial charge in [0.25, 0.3) is 0 Å². The predicted molar refractivity (Wildman–Crippen MR) is 50.9 cm³/mol. The number of nitrogens with zero attached hydrogens (tertiary/aromatic N) is 3. The van der Waals surface area contributed by atoms with E-state index >= 15 is 0 Å². The van der Waals surface area contributed by atoms with Crippen LogP contribution in [-0.4, -0.2) is 14.5 Å². The van der Waals surface area contributed by atoms with E-state index in [4.69, 9.17) is 11.6 Å². The normalized spacial score (nSPS) is 15.2. The average molecular weight is 194 g/mol. The maximum absolute atomic E-state index is 5.83. The summed E-state index contributed by atoms with van der Waals surface area (Å²) in [5.41, 5.74) is 1.89. The number of hydrogen-bond acceptors (Lipinski definition) is 2. The van der Waals surface area contributed by atoms with Gasteiger partial charge in [0.05, 0.1) is 0 Å². The van der Waals surface area contributed by atoms with Crippen molar-refractivity contribution in [2.75, 3.05) is 0 Å². The number of fused-ring (bicyclic) bond motifs is 3. The van der Waals surface area contributed by atoms with Gasteiger partial charge < -0.3 is 4.57 Å². The Morgan fingerprint density at radius 1 is 1.31 bits per heavy atom. The standard InChI is InChI=1S/C9H8ClN3/c10-7-4-3-6-9(12-7)13-5-1-2-8(13)11-6/h3-4H,1-2,5H2. The first-order chi connectivity index (χ1) is 6.34. The molecule has 2 aromatic heterocycles. The smallest absolute Gasteiger partial charge is 0.161 e. The molecule has 0 aliphatic carbocycles. The molecule has 0 saturated heterocycles. The summed E-state index contributed by atoms with van der Waals surface area (Å²) in [5.74, 6) is 1.14. The minimum Gasteiger partial charge on any atom is -0.313 e. The summed E-state index contributed by atoms with van der Waals surface area (Å²) < 4.78 is 2.15. The molecule has 0 amide bonds. The minimum absolute atomic E-state index is 0.544. The Bertz CT molecular complexity index is 475. The summed E-state index contributed by atoms with van der Waals surface area (Å²) in [6.07, 6.45) is 2.24. The summed E-state index contributed by atoms with van der Waals surface area (Å²) in [6.45, 7) is 1.03. The van der Waals surface area contributed by atoms with E-state index < -0.39 is 0 Å². The van der Waals surface area contributed by atoms with E-state index in [-0.39, 0.29) is 0 Å². The van der Waals surface area contributed by atoms with Crippen LogP contribution in [-0.2, 0) is 13.0 Å². The van der Waals surface area contributed by atoms with Gasteiger partial charge in [0, 0.05) is 13.0 Å². The molecule has 3 nitrogen and oxygen atoms in total. The van der Waals surface area contributed by atoms with Gasteiger partial charge in [-0.2, -0.15) is 0 Å². The molecule has 0 unspecified atom stereocenters. The SMILES string of the molecule is Clc1ccc2nc3n(c2n1)CCC3. The Morgan fingerprint density at radius 3 is 3.15 bits per heavy atom. The van der Waals surface area contributed by atoms with Crippen LogP contribution in [0.4, 0.5) is 0 Å². The lowest BCUT2D eigenvalue weighted by molar-refractivity contribution is 0.764. The number of imidazole rings is 1. The first-order valence-corrected chi connectivity index (χ1v) is 4.74. The van der Waals surface area contributed by atoms with Gasteiger partial charge in [-0.1, -0.05) is 11.6 Å². The molecule has 3 rings (SSSR count). The molecular formula is C9H8ClN3. The molecule has 66 valence electrons. The lowest BCUT2D eigenvalue weighted by atomic mass is 10.3. The monoisotopic (exact) mass is 193 g/mol. The largest absolute Gasteiger partial charge is 0.313 e. The molecule has 0 saturated carbocycles. The predicted octanol–water partition coefficient (Wildman–Crippen LogP) is 2.03. The van der Waals surface area contributed by atoms with Gasteiger partial charge in [0.15, 0.2) is 5.65 Å². The van der Waals surface area contributed by atoms with E-state index in [2.05, 4.69) is 14.5 Å². The highest BCUT2D eigenvalue weighted by Gasteiger charge is 2.16. The Labute approximate surface area is 80.4 Å². The molecule has 13 heavy (non-hydrogen) atoms. The van der Waals surface area contributed by atoms with E-state index in [0.717, 1.165) is 30.0 Å². The maximum atomic E-state index is 5.83. The Morgan fingerprint density at radius 2 is 2.23 bits per heavy atom. The second-order valence-electron chi connectivity index (χ2n) is 3.26. The number of halogens is 1. The fraction of sp³-hybridized carbons (Fsp3) is 0.333. The number of aromatic nitrogens is 3. The third kappa shape index (κ3) is 0.968. The van der Waals surface area contributed by atoms with E-state index in [1.54, 1.807) is 6.07 Å². The van der Waals surface area contributed by atoms with Gasteiger partial charge in [-0.15, -0.1) is 0 Å². The average Bonchev–Trinajstić information content (AvgIpc) is 2.64. The quantitative estimate of drug-likeness (QED) is 0.600. The highest BCUT2D eigenvalue weighted by molar-refractivity contribution is 6.29. The van der Waals surface area contributed by atoms with Crippen molar-refractivity contribution < 1.29 is 0 Å². The molecule has 0 N–H and O–H groups in total. The van der Waals surface area contributed by atoms with E-state index in [0.29, 0.717) is 5.15 Å². The fourth-order valence-corrected chi connectivity index (χ4v) is 1.99. The lowest BCUT2D eigenvalue weighted by Gasteiger charge is -1.96. The molecule has 3 heterocycles. The molecule has 4 heteroatoms. The second-order valence-corrected chi connectivity index (χ2v) is 3.65. The first-order valence-electron chi connectivity index (χ1n) is 4.36. The molecule has 2 aromatic rings.